The van der Waals surface area contributed by atoms with Crippen molar-refractivity contribution in [3.8, 4) is 0 Å². The molecule has 3 atom stereocenters. The minimum atomic E-state index is 0.232. The molecule has 1 aliphatic rings. The van der Waals surface area contributed by atoms with Crippen LogP contribution in [0.1, 0.15) is 31.7 Å². The highest BCUT2D eigenvalue weighted by Gasteiger charge is 2.25. The summed E-state index contributed by atoms with van der Waals surface area (Å²) in [5.41, 5.74) is 1.27. The average Bonchev–Trinajstić information content (AvgIpc) is 2.76. The summed E-state index contributed by atoms with van der Waals surface area (Å²) in [6.07, 6.45) is 4.87. The van der Waals surface area contributed by atoms with E-state index in [0.29, 0.717) is 18.1 Å². The van der Waals surface area contributed by atoms with Gasteiger partial charge in [-0.1, -0.05) is 34.1 Å². The largest absolute Gasteiger partial charge is 0.396 e. The van der Waals surface area contributed by atoms with Gasteiger partial charge in [0.25, 0.3) is 0 Å². The Morgan fingerprint density at radius 2 is 2.17 bits per heavy atom. The van der Waals surface area contributed by atoms with Gasteiger partial charge >= 0.3 is 0 Å². The van der Waals surface area contributed by atoms with Crippen molar-refractivity contribution in [3.05, 3.63) is 34.3 Å². The van der Waals surface area contributed by atoms with E-state index in [-0.39, 0.29) is 6.61 Å². The summed E-state index contributed by atoms with van der Waals surface area (Å²) in [6.45, 7) is 2.36. The number of ether oxygens (including phenoxy) is 1. The van der Waals surface area contributed by atoms with E-state index in [1.165, 1.54) is 5.56 Å². The van der Waals surface area contributed by atoms with Crippen LogP contribution in [-0.4, -0.2) is 23.9 Å². The second kappa shape index (κ2) is 6.69. The summed E-state index contributed by atoms with van der Waals surface area (Å²) in [6, 6.07) is 8.23. The Bertz CT molecular complexity index is 381. The Hall–Kier alpha value is -0.380. The van der Waals surface area contributed by atoms with Crippen molar-refractivity contribution in [2.75, 3.05) is 6.61 Å². The zero-order valence-electron chi connectivity index (χ0n) is 10.8. The zero-order valence-corrected chi connectivity index (χ0v) is 12.4. The first-order valence-corrected chi connectivity index (χ1v) is 7.48. The van der Waals surface area contributed by atoms with Gasteiger partial charge in [0.05, 0.1) is 12.2 Å². The molecule has 3 unspecified atom stereocenters. The highest BCUT2D eigenvalue weighted by atomic mass is 79.9. The van der Waals surface area contributed by atoms with Crippen LogP contribution < -0.4 is 0 Å². The van der Waals surface area contributed by atoms with Crippen molar-refractivity contribution < 1.29 is 9.84 Å². The van der Waals surface area contributed by atoms with Crippen molar-refractivity contribution in [1.29, 1.82) is 0 Å². The van der Waals surface area contributed by atoms with E-state index in [0.717, 1.165) is 30.2 Å². The summed E-state index contributed by atoms with van der Waals surface area (Å²) in [4.78, 5) is 0. The minimum absolute atomic E-state index is 0.232. The summed E-state index contributed by atoms with van der Waals surface area (Å²) in [5, 5.41) is 9.53. The first kappa shape index (κ1) is 14.0. The third-order valence-corrected chi connectivity index (χ3v) is 4.41. The van der Waals surface area contributed by atoms with E-state index in [9.17, 15) is 5.11 Å². The number of aliphatic hydroxyl groups is 1. The third kappa shape index (κ3) is 3.81. The van der Waals surface area contributed by atoms with Crippen LogP contribution in [0.25, 0.3) is 0 Å². The van der Waals surface area contributed by atoms with Crippen molar-refractivity contribution >= 4 is 15.9 Å². The molecular formula is C15H21BrO2. The summed E-state index contributed by atoms with van der Waals surface area (Å²) in [7, 11) is 0. The molecule has 0 radical (unpaired) electrons. The molecule has 18 heavy (non-hydrogen) atoms. The van der Waals surface area contributed by atoms with Gasteiger partial charge in [0.2, 0.25) is 0 Å². The third-order valence-electron chi connectivity index (χ3n) is 3.64. The maximum atomic E-state index is 9.53. The zero-order chi connectivity index (χ0) is 13.0. The van der Waals surface area contributed by atoms with E-state index in [1.54, 1.807) is 0 Å². The Morgan fingerprint density at radius 3 is 2.78 bits per heavy atom. The molecule has 2 nitrogen and oxygen atoms in total. The van der Waals surface area contributed by atoms with E-state index >= 15 is 0 Å². The Morgan fingerprint density at radius 1 is 1.39 bits per heavy atom. The number of hydrogen-bond acceptors (Lipinski definition) is 2. The second-order valence-electron chi connectivity index (χ2n) is 5.23. The molecule has 0 aliphatic carbocycles. The van der Waals surface area contributed by atoms with Gasteiger partial charge in [-0.25, -0.2) is 0 Å². The van der Waals surface area contributed by atoms with Gasteiger partial charge in [0.15, 0.2) is 0 Å². The second-order valence-corrected chi connectivity index (χ2v) is 6.08. The van der Waals surface area contributed by atoms with Gasteiger partial charge in [0.1, 0.15) is 0 Å². The summed E-state index contributed by atoms with van der Waals surface area (Å²) in [5.74, 6) is 0.291. The van der Waals surface area contributed by atoms with E-state index in [4.69, 9.17) is 4.74 Å². The van der Waals surface area contributed by atoms with Gasteiger partial charge in [0, 0.05) is 11.1 Å². The molecule has 0 saturated carbocycles. The Balaban J connectivity index is 1.91. The normalized spacial score (nSPS) is 25.3. The van der Waals surface area contributed by atoms with Crippen LogP contribution in [-0.2, 0) is 11.2 Å². The lowest BCUT2D eigenvalue weighted by Crippen LogP contribution is -2.19. The fourth-order valence-electron chi connectivity index (χ4n) is 2.63. The number of hydrogen-bond donors (Lipinski definition) is 1. The molecule has 1 aromatic carbocycles. The van der Waals surface area contributed by atoms with Crippen molar-refractivity contribution in [2.45, 2.75) is 44.8 Å². The van der Waals surface area contributed by atoms with E-state index in [2.05, 4.69) is 35.0 Å². The highest BCUT2D eigenvalue weighted by molar-refractivity contribution is 9.10. The number of halogens is 1. The smallest absolute Gasteiger partial charge is 0.0583 e. The average molecular weight is 313 g/mol. The van der Waals surface area contributed by atoms with Crippen LogP contribution in [0.15, 0.2) is 28.7 Å². The molecule has 1 aromatic rings. The van der Waals surface area contributed by atoms with E-state index in [1.807, 2.05) is 12.1 Å². The summed E-state index contributed by atoms with van der Waals surface area (Å²) >= 11 is 3.56. The van der Waals surface area contributed by atoms with Crippen molar-refractivity contribution in [3.63, 3.8) is 0 Å². The lowest BCUT2D eigenvalue weighted by Gasteiger charge is -2.19. The topological polar surface area (TPSA) is 29.5 Å². The van der Waals surface area contributed by atoms with Gasteiger partial charge in [-0.2, -0.15) is 0 Å². The van der Waals surface area contributed by atoms with Crippen LogP contribution in [0.3, 0.4) is 0 Å². The monoisotopic (exact) mass is 312 g/mol. The van der Waals surface area contributed by atoms with Crippen molar-refractivity contribution in [1.82, 2.24) is 0 Å². The maximum absolute atomic E-state index is 9.53. The lowest BCUT2D eigenvalue weighted by molar-refractivity contribution is 0.0338. The van der Waals surface area contributed by atoms with Crippen molar-refractivity contribution in [2.24, 2.45) is 5.92 Å². The molecule has 1 N–H and O–H groups in total. The quantitative estimate of drug-likeness (QED) is 0.901. The summed E-state index contributed by atoms with van der Waals surface area (Å²) < 4.78 is 6.97. The Kier molecular flexibility index (Phi) is 5.22. The first-order chi connectivity index (χ1) is 8.69. The molecule has 0 aromatic heterocycles. The van der Waals surface area contributed by atoms with E-state index < -0.39 is 0 Å². The molecule has 0 amide bonds. The van der Waals surface area contributed by atoms with Crippen LogP contribution in [0.2, 0.25) is 0 Å². The molecule has 100 valence electrons. The maximum Gasteiger partial charge on any atom is 0.0583 e. The van der Waals surface area contributed by atoms with Gasteiger partial charge in [-0.15, -0.1) is 0 Å². The fraction of sp³-hybridized carbons (Fsp3) is 0.600. The molecule has 1 heterocycles. The fourth-order valence-corrected chi connectivity index (χ4v) is 3.07. The molecule has 1 fully saturated rings. The van der Waals surface area contributed by atoms with Crippen LogP contribution in [0, 0.1) is 5.92 Å². The van der Waals surface area contributed by atoms with Crippen LogP contribution in [0.4, 0.5) is 0 Å². The van der Waals surface area contributed by atoms with Gasteiger partial charge in [-0.05, 0) is 50.2 Å². The predicted octanol–water partition coefficient (Wildman–Crippen LogP) is 3.56. The standard InChI is InChI=1S/C15H21BrO2/c1-11-6-7-14(18-11)9-12(10-17)8-13-4-2-3-5-15(13)16/h2-5,11-12,14,17H,6-10H2,1H3. The molecule has 2 rings (SSSR count). The molecule has 1 saturated heterocycles. The number of benzene rings is 1. The van der Waals surface area contributed by atoms with Crippen LogP contribution >= 0.6 is 15.9 Å². The molecule has 3 heteroatoms. The number of aliphatic hydroxyl groups excluding tert-OH is 1. The minimum Gasteiger partial charge on any atom is -0.396 e. The number of rotatable bonds is 5. The molecule has 0 spiro atoms. The highest BCUT2D eigenvalue weighted by Crippen LogP contribution is 2.27. The predicted molar refractivity (Wildman–Crippen MR) is 76.6 cm³/mol. The lowest BCUT2D eigenvalue weighted by atomic mass is 9.93. The SMILES string of the molecule is CC1CCC(CC(CO)Cc2ccccc2Br)O1. The molecule has 0 bridgehead atoms. The molecular weight excluding hydrogens is 292 g/mol. The molecule has 1 aliphatic heterocycles. The van der Waals surface area contributed by atoms with Gasteiger partial charge in [-0.3, -0.25) is 0 Å². The first-order valence-electron chi connectivity index (χ1n) is 6.68. The van der Waals surface area contributed by atoms with Gasteiger partial charge < -0.3 is 9.84 Å². The Labute approximate surface area is 117 Å². The van der Waals surface area contributed by atoms with Crippen LogP contribution in [0.5, 0.6) is 0 Å².